The zero-order valence-electron chi connectivity index (χ0n) is 22.9. The highest BCUT2D eigenvalue weighted by Crippen LogP contribution is 2.32. The Balaban J connectivity index is 1.78. The van der Waals surface area contributed by atoms with Gasteiger partial charge >= 0.3 is 0 Å². The van der Waals surface area contributed by atoms with E-state index >= 15 is 0 Å². The number of H-pyrrole nitrogens is 1. The van der Waals surface area contributed by atoms with Crippen LogP contribution in [0.5, 0.6) is 0 Å². The van der Waals surface area contributed by atoms with Crippen LogP contribution in [0.2, 0.25) is 0 Å². The fourth-order valence-corrected chi connectivity index (χ4v) is 4.62. The Hall–Kier alpha value is -4.18. The third-order valence-corrected chi connectivity index (χ3v) is 7.06. The topological polar surface area (TPSA) is 96.2 Å². The predicted octanol–water partition coefficient (Wildman–Crippen LogP) is 6.24. The lowest BCUT2D eigenvalue weighted by molar-refractivity contribution is 0.306. The molecule has 3 aromatic heterocycles. The number of anilines is 2. The molecule has 0 atom stereocenters. The minimum atomic E-state index is 0.550. The van der Waals surface area contributed by atoms with E-state index in [1.807, 2.05) is 62.9 Å². The number of aromatic nitrogens is 5. The lowest BCUT2D eigenvalue weighted by atomic mass is 10.00. The zero-order valence-corrected chi connectivity index (χ0v) is 23.7. The number of aromatic amines is 1. The van der Waals surface area contributed by atoms with Gasteiger partial charge in [-0.2, -0.15) is 10.2 Å². The molecule has 1 aromatic carbocycles. The van der Waals surface area contributed by atoms with Gasteiger partial charge in [0.15, 0.2) is 17.4 Å². The van der Waals surface area contributed by atoms with Crippen molar-refractivity contribution in [3.8, 4) is 10.6 Å². The highest BCUT2D eigenvalue weighted by molar-refractivity contribution is 7.13. The molecule has 198 valence electrons. The summed E-state index contributed by atoms with van der Waals surface area (Å²) in [6.07, 6.45) is 6.49. The summed E-state index contributed by atoms with van der Waals surface area (Å²) in [6.45, 7) is 8.16. The highest BCUT2D eigenvalue weighted by atomic mass is 32.1. The molecule has 0 aliphatic heterocycles. The number of thiazole rings is 1. The van der Waals surface area contributed by atoms with E-state index in [1.165, 1.54) is 0 Å². The van der Waals surface area contributed by atoms with E-state index in [0.717, 1.165) is 50.9 Å². The number of nitrogens with zero attached hydrogens (tertiary/aromatic N) is 6. The number of benzene rings is 1. The van der Waals surface area contributed by atoms with Gasteiger partial charge in [-0.25, -0.2) is 9.98 Å². The average molecular weight is 531 g/mol. The standard InChI is InChI=1S/C28H34N8OS/c1-8-18(2)25(22-16-30-35(5)17-22)26(37-7)27(32-24-15-19(3)33-34-24)31-20(4)36(6)23-11-9-21(10-12-23)28-29-13-14-38-28/h9-17H,8H2,1-7H3,(H2,32,33,34)/b25-18+,27-26-,31-20+. The fraction of sp³-hybridized carbons (Fsp3) is 0.286. The highest BCUT2D eigenvalue weighted by Gasteiger charge is 2.20. The number of rotatable bonds is 9. The van der Waals surface area contributed by atoms with Gasteiger partial charge in [0.1, 0.15) is 10.8 Å². The van der Waals surface area contributed by atoms with Crippen molar-refractivity contribution >= 4 is 34.3 Å². The Morgan fingerprint density at radius 2 is 2.00 bits per heavy atom. The molecule has 38 heavy (non-hydrogen) atoms. The average Bonchev–Trinajstić information content (AvgIpc) is 3.69. The maximum atomic E-state index is 6.04. The summed E-state index contributed by atoms with van der Waals surface area (Å²) in [5.41, 5.74) is 6.10. The summed E-state index contributed by atoms with van der Waals surface area (Å²) < 4.78 is 7.82. The summed E-state index contributed by atoms with van der Waals surface area (Å²) in [5.74, 6) is 2.59. The number of methoxy groups -OCH3 is 1. The van der Waals surface area contributed by atoms with E-state index in [4.69, 9.17) is 9.73 Å². The maximum absolute atomic E-state index is 6.04. The first-order chi connectivity index (χ1) is 18.3. The van der Waals surface area contributed by atoms with Crippen molar-refractivity contribution in [3.63, 3.8) is 0 Å². The largest absolute Gasteiger partial charge is 0.492 e. The van der Waals surface area contributed by atoms with Gasteiger partial charge < -0.3 is 15.0 Å². The molecule has 4 aromatic rings. The van der Waals surface area contributed by atoms with Gasteiger partial charge in [-0.15, -0.1) is 11.3 Å². The first kappa shape index (κ1) is 26.9. The SMILES string of the molecule is CC/C(C)=C(/C(OC)=C(\N=C(/C)N(C)c1ccc(-c2nccs2)cc1)Nc1cc(C)[nH]n1)c1cnn(C)c1. The number of hydrogen-bond acceptors (Lipinski definition) is 7. The molecule has 10 heteroatoms. The van der Waals surface area contributed by atoms with Crippen molar-refractivity contribution in [1.82, 2.24) is 25.0 Å². The summed E-state index contributed by atoms with van der Waals surface area (Å²) in [7, 11) is 5.56. The number of aryl methyl sites for hydroxylation is 2. The maximum Gasteiger partial charge on any atom is 0.176 e. The molecule has 0 radical (unpaired) electrons. The van der Waals surface area contributed by atoms with Crippen LogP contribution in [0, 0.1) is 6.92 Å². The molecule has 0 unspecified atom stereocenters. The number of allylic oxidation sites excluding steroid dienone is 2. The van der Waals surface area contributed by atoms with Gasteiger partial charge in [-0.05, 0) is 51.5 Å². The third kappa shape index (κ3) is 6.03. The van der Waals surface area contributed by atoms with Crippen LogP contribution in [0.25, 0.3) is 16.1 Å². The predicted molar refractivity (Wildman–Crippen MR) is 156 cm³/mol. The molecule has 0 aliphatic rings. The second-order valence-electron chi connectivity index (χ2n) is 8.96. The molecule has 9 nitrogen and oxygen atoms in total. The van der Waals surface area contributed by atoms with Gasteiger partial charge in [-0.3, -0.25) is 9.78 Å². The summed E-state index contributed by atoms with van der Waals surface area (Å²) in [5, 5.41) is 18.1. The van der Waals surface area contributed by atoms with Gasteiger partial charge in [0.2, 0.25) is 0 Å². The normalized spacial score (nSPS) is 13.2. The molecule has 3 heterocycles. The number of aliphatic imine (C=N–C) groups is 1. The molecule has 0 bridgehead atoms. The first-order valence-electron chi connectivity index (χ1n) is 12.4. The van der Waals surface area contributed by atoms with E-state index < -0.39 is 0 Å². The van der Waals surface area contributed by atoms with Crippen LogP contribution in [0.1, 0.15) is 38.4 Å². The van der Waals surface area contributed by atoms with Crippen LogP contribution in [-0.4, -0.2) is 45.0 Å². The van der Waals surface area contributed by atoms with Gasteiger partial charge in [0.05, 0.1) is 13.3 Å². The van der Waals surface area contributed by atoms with Crippen molar-refractivity contribution < 1.29 is 4.74 Å². The first-order valence-corrected chi connectivity index (χ1v) is 13.2. The van der Waals surface area contributed by atoms with Gasteiger partial charge in [-0.1, -0.05) is 12.5 Å². The number of ether oxygens (including phenoxy) is 1. The van der Waals surface area contributed by atoms with Crippen LogP contribution < -0.4 is 10.2 Å². The second-order valence-corrected chi connectivity index (χ2v) is 9.85. The lowest BCUT2D eigenvalue weighted by Crippen LogP contribution is -2.24. The Bertz CT molecular complexity index is 1460. The summed E-state index contributed by atoms with van der Waals surface area (Å²) >= 11 is 1.62. The minimum Gasteiger partial charge on any atom is -0.492 e. The van der Waals surface area contributed by atoms with E-state index in [-0.39, 0.29) is 0 Å². The monoisotopic (exact) mass is 530 g/mol. The van der Waals surface area contributed by atoms with Crippen LogP contribution >= 0.6 is 11.3 Å². The van der Waals surface area contributed by atoms with E-state index in [0.29, 0.717) is 17.4 Å². The summed E-state index contributed by atoms with van der Waals surface area (Å²) in [6, 6.07) is 10.2. The van der Waals surface area contributed by atoms with E-state index in [1.54, 1.807) is 23.1 Å². The third-order valence-electron chi connectivity index (χ3n) is 6.24. The van der Waals surface area contributed by atoms with Crippen molar-refractivity contribution in [1.29, 1.82) is 0 Å². The summed E-state index contributed by atoms with van der Waals surface area (Å²) in [4.78, 5) is 11.5. The Morgan fingerprint density at radius 1 is 1.24 bits per heavy atom. The van der Waals surface area contributed by atoms with Crippen molar-refractivity contribution in [3.05, 3.63) is 82.7 Å². The number of amidine groups is 1. The molecular formula is C28H34N8OS. The number of hydrogen-bond donors (Lipinski definition) is 2. The van der Waals surface area contributed by atoms with E-state index in [9.17, 15) is 0 Å². The quantitative estimate of drug-likeness (QED) is 0.115. The van der Waals surface area contributed by atoms with Crippen LogP contribution in [0.4, 0.5) is 11.5 Å². The van der Waals surface area contributed by atoms with Crippen LogP contribution in [-0.2, 0) is 11.8 Å². The van der Waals surface area contributed by atoms with E-state index in [2.05, 4.69) is 63.7 Å². The smallest absolute Gasteiger partial charge is 0.176 e. The Morgan fingerprint density at radius 3 is 2.55 bits per heavy atom. The molecule has 0 fully saturated rings. The molecular weight excluding hydrogens is 496 g/mol. The zero-order chi connectivity index (χ0) is 27.2. The molecule has 0 saturated heterocycles. The molecule has 0 amide bonds. The van der Waals surface area contributed by atoms with Gasteiger partial charge in [0, 0.05) is 66.0 Å². The van der Waals surface area contributed by atoms with Crippen LogP contribution in [0.3, 0.4) is 0 Å². The van der Waals surface area contributed by atoms with Crippen molar-refractivity contribution in [2.24, 2.45) is 12.0 Å². The lowest BCUT2D eigenvalue weighted by Gasteiger charge is -2.21. The minimum absolute atomic E-state index is 0.550. The molecule has 4 rings (SSSR count). The fourth-order valence-electron chi connectivity index (χ4n) is 3.97. The van der Waals surface area contributed by atoms with Crippen molar-refractivity contribution in [2.45, 2.75) is 34.1 Å². The second kappa shape index (κ2) is 11.9. The van der Waals surface area contributed by atoms with Crippen molar-refractivity contribution in [2.75, 3.05) is 24.4 Å². The van der Waals surface area contributed by atoms with Gasteiger partial charge in [0.25, 0.3) is 0 Å². The molecule has 2 N–H and O–H groups in total. The molecule has 0 aliphatic carbocycles. The Labute approximate surface area is 227 Å². The number of nitrogens with one attached hydrogen (secondary N) is 2. The molecule has 0 spiro atoms. The molecule has 0 saturated carbocycles. The Kier molecular flexibility index (Phi) is 8.42. The van der Waals surface area contributed by atoms with Crippen LogP contribution in [0.15, 0.2) is 76.4 Å².